The summed E-state index contributed by atoms with van der Waals surface area (Å²) in [5.74, 6) is 0.985. The topological polar surface area (TPSA) is 134 Å². The van der Waals surface area contributed by atoms with Crippen LogP contribution in [0.2, 0.25) is 0 Å². The number of carbonyl (C=O) groups excluding carboxylic acids is 1. The van der Waals surface area contributed by atoms with Gasteiger partial charge in [0.15, 0.2) is 11.5 Å². The summed E-state index contributed by atoms with van der Waals surface area (Å²) in [7, 11) is 1.50. The lowest BCUT2D eigenvalue weighted by Gasteiger charge is -2.20. The maximum Gasteiger partial charge on any atom is 0.224 e. The third-order valence-corrected chi connectivity index (χ3v) is 8.00. The van der Waals surface area contributed by atoms with Gasteiger partial charge in [0.25, 0.3) is 0 Å². The van der Waals surface area contributed by atoms with Crippen LogP contribution in [0, 0.1) is 11.7 Å². The minimum absolute atomic E-state index is 0.0148. The highest BCUT2D eigenvalue weighted by atomic mass is 19.1. The molecule has 7 rings (SSSR count). The van der Waals surface area contributed by atoms with Gasteiger partial charge in [0.2, 0.25) is 5.91 Å². The number of rotatable bonds is 7. The predicted octanol–water partition coefficient (Wildman–Crippen LogP) is 6.68. The number of hydrogen-bond acceptors (Lipinski definition) is 7. The molecule has 1 amide bonds. The fraction of sp³-hybridized carbons (Fsp3) is 0.250. The molecule has 1 aliphatic rings. The summed E-state index contributed by atoms with van der Waals surface area (Å²) < 4.78 is 19.6. The van der Waals surface area contributed by atoms with Crippen molar-refractivity contribution < 1.29 is 13.9 Å². The Morgan fingerprint density at radius 1 is 1.05 bits per heavy atom. The molecular weight excluding hydrogens is 547 g/mol. The third-order valence-electron chi connectivity index (χ3n) is 8.00. The molecule has 1 fully saturated rings. The Morgan fingerprint density at radius 2 is 1.93 bits per heavy atom. The first-order valence-corrected chi connectivity index (χ1v) is 14.3. The van der Waals surface area contributed by atoms with Gasteiger partial charge >= 0.3 is 0 Å². The first kappa shape index (κ1) is 26.7. The number of methoxy groups -OCH3 is 1. The van der Waals surface area contributed by atoms with E-state index in [4.69, 9.17) is 9.72 Å². The molecular formula is C32H29FN8O2. The van der Waals surface area contributed by atoms with E-state index in [2.05, 4.69) is 35.5 Å². The Hall–Kier alpha value is -5.19. The van der Waals surface area contributed by atoms with E-state index in [0.717, 1.165) is 34.9 Å². The Kier molecular flexibility index (Phi) is 6.98. The van der Waals surface area contributed by atoms with E-state index >= 15 is 0 Å². The van der Waals surface area contributed by atoms with Crippen molar-refractivity contribution in [2.45, 2.75) is 38.5 Å². The maximum atomic E-state index is 14.3. The normalized spacial score (nSPS) is 13.9. The van der Waals surface area contributed by atoms with Gasteiger partial charge in [0, 0.05) is 41.4 Å². The van der Waals surface area contributed by atoms with Crippen molar-refractivity contribution in [1.82, 2.24) is 35.1 Å². The minimum atomic E-state index is -0.403. The van der Waals surface area contributed by atoms with Crippen molar-refractivity contribution in [2.24, 2.45) is 5.92 Å². The molecule has 0 unspecified atom stereocenters. The SMILES string of the molecule is COc1cc(F)cc(-c2ccnc3nc(-c4n[nH]c5cnc(-c6cncc(NC(=O)CC7CCCCC7)c6)cc45)[nH]c23)c1. The van der Waals surface area contributed by atoms with Crippen molar-refractivity contribution in [3.8, 4) is 39.7 Å². The number of imidazole rings is 1. The molecule has 0 radical (unpaired) electrons. The number of pyridine rings is 3. The van der Waals surface area contributed by atoms with Crippen molar-refractivity contribution in [3.63, 3.8) is 0 Å². The molecule has 43 heavy (non-hydrogen) atoms. The van der Waals surface area contributed by atoms with Crippen LogP contribution in [0.15, 0.2) is 61.2 Å². The molecule has 1 aromatic carbocycles. The Balaban J connectivity index is 1.20. The molecule has 5 heterocycles. The fourth-order valence-electron chi connectivity index (χ4n) is 5.87. The molecule has 10 nitrogen and oxygen atoms in total. The second kappa shape index (κ2) is 11.2. The minimum Gasteiger partial charge on any atom is -0.497 e. The highest BCUT2D eigenvalue weighted by Crippen LogP contribution is 2.34. The summed E-state index contributed by atoms with van der Waals surface area (Å²) in [6.45, 7) is 0. The van der Waals surface area contributed by atoms with Crippen LogP contribution in [0.5, 0.6) is 5.75 Å². The van der Waals surface area contributed by atoms with Crippen LogP contribution in [0.4, 0.5) is 10.1 Å². The van der Waals surface area contributed by atoms with Gasteiger partial charge in [-0.05, 0) is 54.7 Å². The number of anilines is 1. The van der Waals surface area contributed by atoms with Gasteiger partial charge < -0.3 is 15.0 Å². The van der Waals surface area contributed by atoms with E-state index in [0.29, 0.717) is 57.7 Å². The van der Waals surface area contributed by atoms with Crippen LogP contribution in [-0.2, 0) is 4.79 Å². The zero-order chi connectivity index (χ0) is 29.3. The summed E-state index contributed by atoms with van der Waals surface area (Å²) in [6.07, 6.45) is 13.1. The first-order valence-electron chi connectivity index (χ1n) is 14.3. The Bertz CT molecular complexity index is 1960. The van der Waals surface area contributed by atoms with E-state index in [1.165, 1.54) is 38.5 Å². The molecule has 0 spiro atoms. The van der Waals surface area contributed by atoms with Gasteiger partial charge in [-0.1, -0.05) is 19.3 Å². The molecule has 0 bridgehead atoms. The van der Waals surface area contributed by atoms with Gasteiger partial charge in [-0.15, -0.1) is 0 Å². The summed E-state index contributed by atoms with van der Waals surface area (Å²) >= 11 is 0. The molecule has 0 aliphatic heterocycles. The number of aromatic nitrogens is 7. The number of halogens is 1. The third kappa shape index (κ3) is 5.41. The first-order chi connectivity index (χ1) is 21.0. The number of fused-ring (bicyclic) bond motifs is 2. The standard InChI is InChI=1S/C32H29FN8O2/c1-43-23-12-19(10-21(33)13-23)24-7-8-35-31-29(24)38-32(39-31)30-25-14-26(36-17-27(25)40-41-30)20-11-22(16-34-15-20)37-28(42)9-18-5-3-2-4-6-18/h7-8,10-18H,2-6,9H2,1H3,(H,37,42)(H,40,41)(H,35,38,39). The van der Waals surface area contributed by atoms with Crippen molar-refractivity contribution in [2.75, 3.05) is 12.4 Å². The lowest BCUT2D eigenvalue weighted by Crippen LogP contribution is -2.18. The van der Waals surface area contributed by atoms with Crippen LogP contribution in [0.3, 0.4) is 0 Å². The summed E-state index contributed by atoms with van der Waals surface area (Å²) in [6, 6.07) is 10.1. The molecule has 0 saturated heterocycles. The highest BCUT2D eigenvalue weighted by molar-refractivity contribution is 5.97. The molecule has 11 heteroatoms. The number of benzene rings is 1. The van der Waals surface area contributed by atoms with Gasteiger partial charge in [0.05, 0.1) is 41.9 Å². The maximum absolute atomic E-state index is 14.3. The molecule has 1 saturated carbocycles. The molecule has 1 aliphatic carbocycles. The van der Waals surface area contributed by atoms with Gasteiger partial charge in [-0.2, -0.15) is 5.10 Å². The number of nitrogens with one attached hydrogen (secondary N) is 3. The number of H-pyrrole nitrogens is 2. The number of ether oxygens (including phenoxy) is 1. The van der Waals surface area contributed by atoms with E-state index in [1.807, 2.05) is 12.1 Å². The molecule has 3 N–H and O–H groups in total. The predicted molar refractivity (Wildman–Crippen MR) is 162 cm³/mol. The van der Waals surface area contributed by atoms with E-state index in [-0.39, 0.29) is 5.91 Å². The van der Waals surface area contributed by atoms with Crippen molar-refractivity contribution in [1.29, 1.82) is 0 Å². The average molecular weight is 577 g/mol. The van der Waals surface area contributed by atoms with Crippen LogP contribution >= 0.6 is 0 Å². The molecule has 6 aromatic rings. The van der Waals surface area contributed by atoms with Crippen LogP contribution in [0.1, 0.15) is 38.5 Å². The summed E-state index contributed by atoms with van der Waals surface area (Å²) in [5.41, 5.74) is 5.88. The number of amides is 1. The Labute approximate surface area is 246 Å². The van der Waals surface area contributed by atoms with Crippen LogP contribution < -0.4 is 10.1 Å². The molecule has 0 atom stereocenters. The van der Waals surface area contributed by atoms with E-state index in [1.54, 1.807) is 36.9 Å². The van der Waals surface area contributed by atoms with Gasteiger partial charge in [-0.25, -0.2) is 14.4 Å². The highest BCUT2D eigenvalue weighted by Gasteiger charge is 2.19. The zero-order valence-electron chi connectivity index (χ0n) is 23.5. The smallest absolute Gasteiger partial charge is 0.224 e. The van der Waals surface area contributed by atoms with Gasteiger partial charge in [0.1, 0.15) is 17.3 Å². The summed E-state index contributed by atoms with van der Waals surface area (Å²) in [4.78, 5) is 34.1. The van der Waals surface area contributed by atoms with Crippen molar-refractivity contribution in [3.05, 3.63) is 67.0 Å². The number of aromatic amines is 2. The van der Waals surface area contributed by atoms with Crippen LogP contribution in [0.25, 0.3) is 56.0 Å². The monoisotopic (exact) mass is 576 g/mol. The molecule has 5 aromatic heterocycles. The second-order valence-corrected chi connectivity index (χ2v) is 10.9. The van der Waals surface area contributed by atoms with Crippen molar-refractivity contribution >= 4 is 33.7 Å². The number of carbonyl (C=O) groups is 1. The quantitative estimate of drug-likeness (QED) is 0.193. The largest absolute Gasteiger partial charge is 0.497 e. The van der Waals surface area contributed by atoms with E-state index in [9.17, 15) is 9.18 Å². The number of hydrogen-bond donors (Lipinski definition) is 3. The van der Waals surface area contributed by atoms with Crippen LogP contribution in [-0.4, -0.2) is 48.1 Å². The molecule has 216 valence electrons. The Morgan fingerprint density at radius 3 is 2.79 bits per heavy atom. The lowest BCUT2D eigenvalue weighted by molar-refractivity contribution is -0.117. The average Bonchev–Trinajstić information content (AvgIpc) is 3.65. The van der Waals surface area contributed by atoms with Gasteiger partial charge in [-0.3, -0.25) is 19.9 Å². The second-order valence-electron chi connectivity index (χ2n) is 10.9. The summed E-state index contributed by atoms with van der Waals surface area (Å²) in [5, 5.41) is 11.3. The number of nitrogens with zero attached hydrogens (tertiary/aromatic N) is 5. The van der Waals surface area contributed by atoms with E-state index < -0.39 is 5.82 Å². The zero-order valence-corrected chi connectivity index (χ0v) is 23.5. The fourth-order valence-corrected chi connectivity index (χ4v) is 5.87. The lowest BCUT2D eigenvalue weighted by atomic mass is 9.87.